The van der Waals surface area contributed by atoms with Crippen molar-refractivity contribution in [3.63, 3.8) is 0 Å². The highest BCUT2D eigenvalue weighted by Crippen LogP contribution is 2.25. The smallest absolute Gasteiger partial charge is 0.270 e. The molecule has 3 rings (SSSR count). The number of nitrogens with zero attached hydrogens (tertiary/aromatic N) is 3. The third-order valence-electron chi connectivity index (χ3n) is 5.28. The molecule has 166 valence electrons. The van der Waals surface area contributed by atoms with Gasteiger partial charge < -0.3 is 5.32 Å². The molecule has 1 aliphatic heterocycles. The van der Waals surface area contributed by atoms with Gasteiger partial charge in [0.2, 0.25) is 15.9 Å². The Balaban J connectivity index is 1.51. The molecule has 1 saturated heterocycles. The van der Waals surface area contributed by atoms with Crippen molar-refractivity contribution in [3.05, 3.63) is 69.8 Å². The molecule has 2 aromatic carbocycles. The van der Waals surface area contributed by atoms with Crippen molar-refractivity contribution >= 4 is 21.6 Å². The van der Waals surface area contributed by atoms with E-state index in [4.69, 9.17) is 0 Å². The number of carbonyl (C=O) groups is 1. The van der Waals surface area contributed by atoms with Crippen LogP contribution >= 0.6 is 0 Å². The third kappa shape index (κ3) is 5.87. The zero-order valence-corrected chi connectivity index (χ0v) is 18.2. The largest absolute Gasteiger partial charge is 0.355 e. The van der Waals surface area contributed by atoms with Gasteiger partial charge in [-0.15, -0.1) is 0 Å². The van der Waals surface area contributed by atoms with Gasteiger partial charge in [0.25, 0.3) is 5.69 Å². The summed E-state index contributed by atoms with van der Waals surface area (Å²) >= 11 is 0. The normalized spacial score (nSPS) is 15.5. The second-order valence-corrected chi connectivity index (χ2v) is 9.38. The number of non-ortho nitro benzene ring substituents is 1. The van der Waals surface area contributed by atoms with E-state index < -0.39 is 14.9 Å². The molecule has 0 atom stereocenters. The Kier molecular flexibility index (Phi) is 7.37. The van der Waals surface area contributed by atoms with E-state index in [9.17, 15) is 23.3 Å². The van der Waals surface area contributed by atoms with Crippen LogP contribution in [-0.4, -0.2) is 67.7 Å². The SMILES string of the molecule is Cc1ccc([N+](=O)[O-])cc1S(=O)(=O)N1CCN(CC(=O)NCCc2ccccc2)CC1. The second kappa shape index (κ2) is 9.99. The predicted molar refractivity (Wildman–Crippen MR) is 116 cm³/mol. The summed E-state index contributed by atoms with van der Waals surface area (Å²) in [5.41, 5.74) is 1.36. The number of piperazine rings is 1. The number of nitro benzene ring substituents is 1. The summed E-state index contributed by atoms with van der Waals surface area (Å²) in [5.74, 6) is -0.0956. The van der Waals surface area contributed by atoms with E-state index in [1.807, 2.05) is 35.2 Å². The van der Waals surface area contributed by atoms with Crippen molar-refractivity contribution in [1.29, 1.82) is 0 Å². The summed E-state index contributed by atoms with van der Waals surface area (Å²) < 4.78 is 27.3. The molecule has 0 unspecified atom stereocenters. The Bertz CT molecular complexity index is 1030. The fourth-order valence-electron chi connectivity index (χ4n) is 3.50. The van der Waals surface area contributed by atoms with E-state index >= 15 is 0 Å². The number of sulfonamides is 1. The summed E-state index contributed by atoms with van der Waals surface area (Å²) in [5, 5.41) is 13.9. The van der Waals surface area contributed by atoms with Crippen LogP contribution in [0.2, 0.25) is 0 Å². The first-order valence-corrected chi connectivity index (χ1v) is 11.5. The van der Waals surface area contributed by atoms with Crippen molar-refractivity contribution in [3.8, 4) is 0 Å². The number of hydrogen-bond donors (Lipinski definition) is 1. The lowest BCUT2D eigenvalue weighted by Crippen LogP contribution is -2.51. The molecule has 1 N–H and O–H groups in total. The summed E-state index contributed by atoms with van der Waals surface area (Å²) in [6.45, 7) is 3.65. The molecule has 0 bridgehead atoms. The van der Waals surface area contributed by atoms with E-state index in [-0.39, 0.29) is 36.1 Å². The van der Waals surface area contributed by atoms with Crippen LogP contribution in [0, 0.1) is 17.0 Å². The Morgan fingerprint density at radius 3 is 2.42 bits per heavy atom. The van der Waals surface area contributed by atoms with E-state index in [0.717, 1.165) is 18.1 Å². The zero-order valence-electron chi connectivity index (χ0n) is 17.4. The molecule has 31 heavy (non-hydrogen) atoms. The van der Waals surface area contributed by atoms with Crippen molar-refractivity contribution in [1.82, 2.24) is 14.5 Å². The minimum Gasteiger partial charge on any atom is -0.355 e. The molecule has 1 heterocycles. The van der Waals surface area contributed by atoms with Crippen molar-refractivity contribution in [2.75, 3.05) is 39.3 Å². The van der Waals surface area contributed by atoms with Gasteiger partial charge >= 0.3 is 0 Å². The summed E-state index contributed by atoms with van der Waals surface area (Å²) in [6.07, 6.45) is 0.751. The van der Waals surface area contributed by atoms with Crippen LogP contribution in [0.15, 0.2) is 53.4 Å². The Labute approximate surface area is 181 Å². The Hall–Kier alpha value is -2.82. The van der Waals surface area contributed by atoms with E-state index in [2.05, 4.69) is 5.32 Å². The number of benzene rings is 2. The van der Waals surface area contributed by atoms with Gasteiger partial charge in [-0.3, -0.25) is 19.8 Å². The molecular formula is C21H26N4O5S. The Morgan fingerprint density at radius 1 is 1.10 bits per heavy atom. The van der Waals surface area contributed by atoms with Crippen LogP contribution < -0.4 is 5.32 Å². The molecule has 1 aliphatic rings. The highest BCUT2D eigenvalue weighted by Gasteiger charge is 2.31. The standard InChI is InChI=1S/C21H26N4O5S/c1-17-7-8-19(25(27)28)15-20(17)31(29,30)24-13-11-23(12-14-24)16-21(26)22-10-9-18-5-3-2-4-6-18/h2-8,15H,9-14,16H2,1H3,(H,22,26). The molecule has 10 heteroatoms. The van der Waals surface area contributed by atoms with Gasteiger partial charge in [0.05, 0.1) is 16.4 Å². The van der Waals surface area contributed by atoms with E-state index in [0.29, 0.717) is 25.2 Å². The van der Waals surface area contributed by atoms with Gasteiger partial charge in [-0.05, 0) is 24.5 Å². The molecule has 1 amide bonds. The quantitative estimate of drug-likeness (QED) is 0.486. The van der Waals surface area contributed by atoms with E-state index in [1.54, 1.807) is 6.92 Å². The maximum absolute atomic E-state index is 13.0. The van der Waals surface area contributed by atoms with Gasteiger partial charge in [0, 0.05) is 44.9 Å². The minimum atomic E-state index is -3.84. The van der Waals surface area contributed by atoms with Crippen molar-refractivity contribution in [2.45, 2.75) is 18.2 Å². The third-order valence-corrected chi connectivity index (χ3v) is 7.32. The van der Waals surface area contributed by atoms with Crippen LogP contribution in [0.4, 0.5) is 5.69 Å². The lowest BCUT2D eigenvalue weighted by Gasteiger charge is -2.33. The first kappa shape index (κ1) is 22.9. The number of rotatable bonds is 8. The fourth-order valence-corrected chi connectivity index (χ4v) is 5.16. The lowest BCUT2D eigenvalue weighted by atomic mass is 10.1. The fraction of sp³-hybridized carbons (Fsp3) is 0.381. The first-order chi connectivity index (χ1) is 14.8. The molecule has 1 fully saturated rings. The highest BCUT2D eigenvalue weighted by atomic mass is 32.2. The molecule has 0 aliphatic carbocycles. The molecule has 0 aromatic heterocycles. The molecular weight excluding hydrogens is 420 g/mol. The monoisotopic (exact) mass is 446 g/mol. The highest BCUT2D eigenvalue weighted by molar-refractivity contribution is 7.89. The number of carbonyl (C=O) groups excluding carboxylic acids is 1. The summed E-state index contributed by atoms with van der Waals surface area (Å²) in [6, 6.07) is 13.7. The maximum Gasteiger partial charge on any atom is 0.270 e. The summed E-state index contributed by atoms with van der Waals surface area (Å²) in [4.78, 5) is 24.5. The van der Waals surface area contributed by atoms with Gasteiger partial charge in [0.1, 0.15) is 0 Å². The number of aryl methyl sites for hydroxylation is 1. The average Bonchev–Trinajstić information content (AvgIpc) is 2.75. The number of nitro groups is 1. The van der Waals surface area contributed by atoms with E-state index in [1.165, 1.54) is 16.4 Å². The Morgan fingerprint density at radius 2 is 1.77 bits per heavy atom. The van der Waals surface area contributed by atoms with Crippen LogP contribution in [0.25, 0.3) is 0 Å². The molecule has 9 nitrogen and oxygen atoms in total. The number of hydrogen-bond acceptors (Lipinski definition) is 6. The maximum atomic E-state index is 13.0. The second-order valence-electron chi connectivity index (χ2n) is 7.47. The topological polar surface area (TPSA) is 113 Å². The number of amides is 1. The van der Waals surface area contributed by atoms with Gasteiger partial charge in [-0.2, -0.15) is 4.31 Å². The average molecular weight is 447 g/mol. The van der Waals surface area contributed by atoms with Crippen LogP contribution in [0.1, 0.15) is 11.1 Å². The van der Waals surface area contributed by atoms with Crippen molar-refractivity contribution < 1.29 is 18.1 Å². The van der Waals surface area contributed by atoms with Crippen molar-refractivity contribution in [2.24, 2.45) is 0 Å². The molecule has 0 spiro atoms. The summed E-state index contributed by atoms with van der Waals surface area (Å²) in [7, 11) is -3.84. The van der Waals surface area contributed by atoms with Crippen LogP contribution in [-0.2, 0) is 21.2 Å². The van der Waals surface area contributed by atoms with Gasteiger partial charge in [0.15, 0.2) is 0 Å². The molecule has 0 saturated carbocycles. The minimum absolute atomic E-state index is 0.0474. The predicted octanol–water partition coefficient (Wildman–Crippen LogP) is 1.57. The van der Waals surface area contributed by atoms with Crippen LogP contribution in [0.5, 0.6) is 0 Å². The number of nitrogens with one attached hydrogen (secondary N) is 1. The van der Waals surface area contributed by atoms with Gasteiger partial charge in [-0.1, -0.05) is 36.4 Å². The first-order valence-electron chi connectivity index (χ1n) is 10.1. The zero-order chi connectivity index (χ0) is 22.4. The lowest BCUT2D eigenvalue weighted by molar-refractivity contribution is -0.385. The van der Waals surface area contributed by atoms with Crippen LogP contribution in [0.3, 0.4) is 0 Å². The van der Waals surface area contributed by atoms with Gasteiger partial charge in [-0.25, -0.2) is 8.42 Å². The molecule has 0 radical (unpaired) electrons. The molecule has 2 aromatic rings.